The van der Waals surface area contributed by atoms with Crippen LogP contribution in [0.25, 0.3) is 0 Å². The first-order valence-electron chi connectivity index (χ1n) is 6.73. The first-order chi connectivity index (χ1) is 8.56. The number of pyridine rings is 1. The van der Waals surface area contributed by atoms with Gasteiger partial charge in [-0.3, -0.25) is 0 Å². The number of hydrogen-bond acceptors (Lipinski definition) is 4. The number of ether oxygens (including phenoxy) is 1. The average Bonchev–Trinajstić information content (AvgIpc) is 3.13. The van der Waals surface area contributed by atoms with Crippen LogP contribution in [0.2, 0.25) is 0 Å². The highest BCUT2D eigenvalue weighted by Gasteiger charge is 2.27. The summed E-state index contributed by atoms with van der Waals surface area (Å²) in [5, 5.41) is 3.36. The van der Waals surface area contributed by atoms with E-state index >= 15 is 0 Å². The fourth-order valence-corrected chi connectivity index (χ4v) is 1.96. The van der Waals surface area contributed by atoms with Gasteiger partial charge in [0.25, 0.3) is 0 Å². The first-order valence-corrected chi connectivity index (χ1v) is 6.73. The maximum absolute atomic E-state index is 5.84. The zero-order valence-corrected chi connectivity index (χ0v) is 11.4. The van der Waals surface area contributed by atoms with E-state index in [0.717, 1.165) is 18.3 Å². The minimum absolute atomic E-state index is 0.0837. The normalized spacial score (nSPS) is 16.7. The fraction of sp³-hybridized carbons (Fsp3) is 0.643. The molecule has 0 amide bonds. The van der Waals surface area contributed by atoms with Crippen molar-refractivity contribution in [2.45, 2.75) is 39.7 Å². The van der Waals surface area contributed by atoms with Crippen molar-refractivity contribution < 1.29 is 4.74 Å². The van der Waals surface area contributed by atoms with Crippen LogP contribution in [0.3, 0.4) is 0 Å². The minimum atomic E-state index is 0.0837. The molecule has 0 aromatic carbocycles. The van der Waals surface area contributed by atoms with Crippen molar-refractivity contribution in [3.05, 3.63) is 12.1 Å². The Labute approximate surface area is 109 Å². The second-order valence-electron chi connectivity index (χ2n) is 5.45. The van der Waals surface area contributed by atoms with E-state index in [1.54, 1.807) is 0 Å². The van der Waals surface area contributed by atoms with Gasteiger partial charge < -0.3 is 15.8 Å². The Morgan fingerprint density at radius 1 is 1.39 bits per heavy atom. The molecular weight excluding hydrogens is 226 g/mol. The Morgan fingerprint density at radius 3 is 2.72 bits per heavy atom. The van der Waals surface area contributed by atoms with E-state index in [1.807, 2.05) is 26.0 Å². The zero-order valence-electron chi connectivity index (χ0n) is 11.4. The maximum atomic E-state index is 5.84. The summed E-state index contributed by atoms with van der Waals surface area (Å²) in [5.74, 6) is 2.97. The SMILES string of the molecule is CC(C)Oc1nc(NCC(C)C2CC2)ccc1N. The summed E-state index contributed by atoms with van der Waals surface area (Å²) in [6, 6.07) is 3.75. The molecule has 2 rings (SSSR count). The number of nitrogens with zero attached hydrogens (tertiary/aromatic N) is 1. The molecule has 1 aliphatic rings. The molecule has 100 valence electrons. The molecule has 1 unspecified atom stereocenters. The van der Waals surface area contributed by atoms with Crippen molar-refractivity contribution in [1.82, 2.24) is 4.98 Å². The molecule has 1 aliphatic carbocycles. The van der Waals surface area contributed by atoms with E-state index in [9.17, 15) is 0 Å². The number of aromatic nitrogens is 1. The monoisotopic (exact) mass is 249 g/mol. The van der Waals surface area contributed by atoms with Crippen molar-refractivity contribution in [2.75, 3.05) is 17.6 Å². The molecule has 0 bridgehead atoms. The van der Waals surface area contributed by atoms with Crippen LogP contribution in [-0.2, 0) is 0 Å². The van der Waals surface area contributed by atoms with Crippen molar-refractivity contribution in [3.8, 4) is 5.88 Å². The van der Waals surface area contributed by atoms with Gasteiger partial charge in [-0.05, 0) is 50.7 Å². The summed E-state index contributed by atoms with van der Waals surface area (Å²) in [4.78, 5) is 4.41. The highest BCUT2D eigenvalue weighted by atomic mass is 16.5. The molecule has 1 aromatic heterocycles. The third-order valence-corrected chi connectivity index (χ3v) is 3.27. The quantitative estimate of drug-likeness (QED) is 0.813. The molecule has 1 heterocycles. The first kappa shape index (κ1) is 13.0. The molecule has 1 fully saturated rings. The molecule has 4 nitrogen and oxygen atoms in total. The van der Waals surface area contributed by atoms with E-state index < -0.39 is 0 Å². The molecular formula is C14H23N3O. The zero-order chi connectivity index (χ0) is 13.1. The number of rotatable bonds is 6. The second-order valence-corrected chi connectivity index (χ2v) is 5.45. The lowest BCUT2D eigenvalue weighted by atomic mass is 10.1. The van der Waals surface area contributed by atoms with Crippen LogP contribution in [-0.4, -0.2) is 17.6 Å². The Kier molecular flexibility index (Phi) is 3.94. The van der Waals surface area contributed by atoms with Crippen molar-refractivity contribution >= 4 is 11.5 Å². The molecule has 1 aromatic rings. The summed E-state index contributed by atoms with van der Waals surface area (Å²) in [5.41, 5.74) is 6.42. The predicted octanol–water partition coefficient (Wildman–Crippen LogP) is 2.91. The topological polar surface area (TPSA) is 60.2 Å². The summed E-state index contributed by atoms with van der Waals surface area (Å²) < 4.78 is 5.58. The Hall–Kier alpha value is -1.45. The highest BCUT2D eigenvalue weighted by molar-refractivity contribution is 5.53. The number of anilines is 2. The minimum Gasteiger partial charge on any atom is -0.473 e. The number of nitrogen functional groups attached to an aromatic ring is 1. The van der Waals surface area contributed by atoms with Gasteiger partial charge in [0, 0.05) is 6.54 Å². The summed E-state index contributed by atoms with van der Waals surface area (Å²) >= 11 is 0. The van der Waals surface area contributed by atoms with Crippen LogP contribution >= 0.6 is 0 Å². The largest absolute Gasteiger partial charge is 0.473 e. The van der Waals surface area contributed by atoms with E-state index in [0.29, 0.717) is 17.5 Å². The third-order valence-electron chi connectivity index (χ3n) is 3.27. The van der Waals surface area contributed by atoms with Crippen LogP contribution < -0.4 is 15.8 Å². The molecule has 0 radical (unpaired) electrons. The number of nitrogens with two attached hydrogens (primary N) is 1. The molecule has 0 aliphatic heterocycles. The molecule has 4 heteroatoms. The fourth-order valence-electron chi connectivity index (χ4n) is 1.96. The summed E-state index contributed by atoms with van der Waals surface area (Å²) in [6.07, 6.45) is 2.83. The smallest absolute Gasteiger partial charge is 0.239 e. The third kappa shape index (κ3) is 3.52. The lowest BCUT2D eigenvalue weighted by Crippen LogP contribution is -2.15. The van der Waals surface area contributed by atoms with Gasteiger partial charge >= 0.3 is 0 Å². The van der Waals surface area contributed by atoms with E-state index in [1.165, 1.54) is 12.8 Å². The van der Waals surface area contributed by atoms with Gasteiger partial charge in [-0.15, -0.1) is 0 Å². The maximum Gasteiger partial charge on any atom is 0.239 e. The number of nitrogens with one attached hydrogen (secondary N) is 1. The summed E-state index contributed by atoms with van der Waals surface area (Å²) in [6.45, 7) is 7.18. The van der Waals surface area contributed by atoms with Crippen molar-refractivity contribution in [2.24, 2.45) is 11.8 Å². The summed E-state index contributed by atoms with van der Waals surface area (Å²) in [7, 11) is 0. The van der Waals surface area contributed by atoms with Crippen LogP contribution in [0.4, 0.5) is 11.5 Å². The van der Waals surface area contributed by atoms with Gasteiger partial charge in [0.15, 0.2) is 0 Å². The van der Waals surface area contributed by atoms with Gasteiger partial charge in [0.2, 0.25) is 5.88 Å². The molecule has 3 N–H and O–H groups in total. The second kappa shape index (κ2) is 5.46. The lowest BCUT2D eigenvalue weighted by Gasteiger charge is -2.15. The van der Waals surface area contributed by atoms with Crippen molar-refractivity contribution in [3.63, 3.8) is 0 Å². The van der Waals surface area contributed by atoms with Crippen LogP contribution in [0.1, 0.15) is 33.6 Å². The van der Waals surface area contributed by atoms with Gasteiger partial charge in [-0.2, -0.15) is 4.98 Å². The van der Waals surface area contributed by atoms with Gasteiger partial charge in [0.1, 0.15) is 5.82 Å². The lowest BCUT2D eigenvalue weighted by molar-refractivity contribution is 0.234. The van der Waals surface area contributed by atoms with E-state index in [-0.39, 0.29) is 6.10 Å². The van der Waals surface area contributed by atoms with E-state index in [2.05, 4.69) is 17.2 Å². The molecule has 0 saturated heterocycles. The Balaban J connectivity index is 1.95. The van der Waals surface area contributed by atoms with Gasteiger partial charge in [-0.1, -0.05) is 6.92 Å². The predicted molar refractivity (Wildman–Crippen MR) is 74.8 cm³/mol. The van der Waals surface area contributed by atoms with Crippen molar-refractivity contribution in [1.29, 1.82) is 0 Å². The van der Waals surface area contributed by atoms with Gasteiger partial charge in [-0.25, -0.2) is 0 Å². The van der Waals surface area contributed by atoms with Crippen LogP contribution in [0.15, 0.2) is 12.1 Å². The Morgan fingerprint density at radius 2 is 2.11 bits per heavy atom. The number of hydrogen-bond donors (Lipinski definition) is 2. The Bertz CT molecular complexity index is 402. The standard InChI is InChI=1S/C14H23N3O/c1-9(2)18-14-12(15)6-7-13(17-14)16-8-10(3)11-4-5-11/h6-7,9-11H,4-5,8,15H2,1-3H3,(H,16,17). The van der Waals surface area contributed by atoms with Crippen LogP contribution in [0, 0.1) is 11.8 Å². The average molecular weight is 249 g/mol. The highest BCUT2D eigenvalue weighted by Crippen LogP contribution is 2.36. The van der Waals surface area contributed by atoms with Crippen LogP contribution in [0.5, 0.6) is 5.88 Å². The van der Waals surface area contributed by atoms with Gasteiger partial charge in [0.05, 0.1) is 11.8 Å². The molecule has 1 atom stereocenters. The molecule has 0 spiro atoms. The molecule has 1 saturated carbocycles. The van der Waals surface area contributed by atoms with E-state index in [4.69, 9.17) is 10.5 Å². The molecule has 18 heavy (non-hydrogen) atoms.